The third-order valence-electron chi connectivity index (χ3n) is 1.89. The minimum Gasteiger partial charge on any atom is -0.381 e. The van der Waals surface area contributed by atoms with E-state index < -0.39 is 23.9 Å². The fourth-order valence-electron chi connectivity index (χ4n) is 0.998. The average molecular weight is 241 g/mol. The van der Waals surface area contributed by atoms with E-state index in [1.54, 1.807) is 0 Å². The summed E-state index contributed by atoms with van der Waals surface area (Å²) >= 11 is 0. The van der Waals surface area contributed by atoms with E-state index in [2.05, 4.69) is 10.6 Å². The zero-order valence-electron chi connectivity index (χ0n) is 8.81. The molecule has 5 N–H and O–H groups in total. The number of aliphatic hydroxyl groups excluding tert-OH is 1. The van der Waals surface area contributed by atoms with E-state index in [-0.39, 0.29) is 6.54 Å². The van der Waals surface area contributed by atoms with Gasteiger partial charge in [-0.2, -0.15) is 0 Å². The Hall–Kier alpha value is -2.15. The molecular formula is C10H12FN3O3. The molecule has 6 nitrogen and oxygen atoms in total. The van der Waals surface area contributed by atoms with Gasteiger partial charge in [0.25, 0.3) is 0 Å². The van der Waals surface area contributed by atoms with Gasteiger partial charge in [-0.05, 0) is 24.3 Å². The first-order valence-electron chi connectivity index (χ1n) is 4.77. The highest BCUT2D eigenvalue weighted by molar-refractivity contribution is 5.89. The standard InChI is InChI=1S/C10H12FN3O3/c11-6-1-3-7(4-2-6)14-10(17)13-5-8(15)9(12)16/h1-4,8,15H,5H2,(H2,12,16)(H2,13,14,17). The molecule has 0 aliphatic rings. The number of carbonyl (C=O) groups excluding carboxylic acids is 2. The number of primary amides is 1. The number of nitrogens with one attached hydrogen (secondary N) is 2. The van der Waals surface area contributed by atoms with Crippen LogP contribution in [-0.2, 0) is 4.79 Å². The van der Waals surface area contributed by atoms with E-state index in [1.165, 1.54) is 24.3 Å². The molecule has 0 bridgehead atoms. The lowest BCUT2D eigenvalue weighted by Gasteiger charge is -2.09. The number of carbonyl (C=O) groups is 2. The molecule has 1 aromatic rings. The SMILES string of the molecule is NC(=O)C(O)CNC(=O)Nc1ccc(F)cc1. The minimum atomic E-state index is -1.44. The summed E-state index contributed by atoms with van der Waals surface area (Å²) in [7, 11) is 0. The van der Waals surface area contributed by atoms with Crippen molar-refractivity contribution < 1.29 is 19.1 Å². The van der Waals surface area contributed by atoms with Gasteiger partial charge in [0, 0.05) is 5.69 Å². The predicted molar refractivity (Wildman–Crippen MR) is 58.6 cm³/mol. The second kappa shape index (κ2) is 5.80. The smallest absolute Gasteiger partial charge is 0.319 e. The summed E-state index contributed by atoms with van der Waals surface area (Å²) in [6.07, 6.45) is -1.44. The number of urea groups is 1. The number of nitrogens with two attached hydrogens (primary N) is 1. The molecule has 3 amide bonds. The maximum absolute atomic E-state index is 12.6. The Morgan fingerprint density at radius 2 is 1.94 bits per heavy atom. The average Bonchev–Trinajstić information content (AvgIpc) is 2.29. The summed E-state index contributed by atoms with van der Waals surface area (Å²) in [5.41, 5.74) is 5.18. The van der Waals surface area contributed by atoms with Crippen molar-refractivity contribution in [2.24, 2.45) is 5.73 Å². The number of benzene rings is 1. The van der Waals surface area contributed by atoms with Gasteiger partial charge in [0.1, 0.15) is 11.9 Å². The lowest BCUT2D eigenvalue weighted by atomic mass is 10.3. The van der Waals surface area contributed by atoms with E-state index in [0.717, 1.165) is 0 Å². The summed E-state index contributed by atoms with van der Waals surface area (Å²) in [5.74, 6) is -1.34. The molecule has 0 heterocycles. The molecular weight excluding hydrogens is 229 g/mol. The van der Waals surface area contributed by atoms with Crippen LogP contribution in [0.3, 0.4) is 0 Å². The van der Waals surface area contributed by atoms with Gasteiger partial charge in [-0.25, -0.2) is 9.18 Å². The van der Waals surface area contributed by atoms with Crippen LogP contribution in [0.4, 0.5) is 14.9 Å². The van der Waals surface area contributed by atoms with Crippen LogP contribution >= 0.6 is 0 Å². The maximum atomic E-state index is 12.6. The van der Waals surface area contributed by atoms with Crippen molar-refractivity contribution in [1.29, 1.82) is 0 Å². The Morgan fingerprint density at radius 1 is 1.35 bits per heavy atom. The Labute approximate surface area is 96.6 Å². The molecule has 1 aromatic carbocycles. The molecule has 0 aliphatic carbocycles. The summed E-state index contributed by atoms with van der Waals surface area (Å²) < 4.78 is 12.6. The molecule has 0 radical (unpaired) electrons. The monoisotopic (exact) mass is 241 g/mol. The van der Waals surface area contributed by atoms with Gasteiger partial charge in [-0.3, -0.25) is 4.79 Å². The molecule has 92 valence electrons. The van der Waals surface area contributed by atoms with Crippen molar-refractivity contribution in [3.05, 3.63) is 30.1 Å². The first-order valence-corrected chi connectivity index (χ1v) is 4.77. The Morgan fingerprint density at radius 3 is 2.47 bits per heavy atom. The molecule has 7 heteroatoms. The first kappa shape index (κ1) is 12.9. The molecule has 17 heavy (non-hydrogen) atoms. The molecule has 0 fully saturated rings. The minimum absolute atomic E-state index is 0.289. The summed E-state index contributed by atoms with van der Waals surface area (Å²) in [6, 6.07) is 4.50. The normalized spacial score (nSPS) is 11.6. The number of amides is 3. The number of aliphatic hydroxyl groups is 1. The molecule has 0 aromatic heterocycles. The topological polar surface area (TPSA) is 104 Å². The van der Waals surface area contributed by atoms with Gasteiger partial charge in [-0.15, -0.1) is 0 Å². The van der Waals surface area contributed by atoms with Crippen LogP contribution in [0, 0.1) is 5.82 Å². The fourth-order valence-corrected chi connectivity index (χ4v) is 0.998. The van der Waals surface area contributed by atoms with Gasteiger partial charge in [0.05, 0.1) is 6.54 Å². The number of hydrogen-bond donors (Lipinski definition) is 4. The van der Waals surface area contributed by atoms with E-state index in [9.17, 15) is 14.0 Å². The zero-order valence-corrected chi connectivity index (χ0v) is 8.81. The highest BCUT2D eigenvalue weighted by Crippen LogP contribution is 2.07. The number of hydrogen-bond acceptors (Lipinski definition) is 3. The largest absolute Gasteiger partial charge is 0.381 e. The van der Waals surface area contributed by atoms with Crippen LogP contribution in [0.1, 0.15) is 0 Å². The molecule has 1 unspecified atom stereocenters. The van der Waals surface area contributed by atoms with E-state index in [0.29, 0.717) is 5.69 Å². The first-order chi connectivity index (χ1) is 7.99. The fraction of sp³-hybridized carbons (Fsp3) is 0.200. The lowest BCUT2D eigenvalue weighted by molar-refractivity contribution is -0.125. The highest BCUT2D eigenvalue weighted by atomic mass is 19.1. The van der Waals surface area contributed by atoms with Crippen molar-refractivity contribution in [2.75, 3.05) is 11.9 Å². The van der Waals surface area contributed by atoms with Crippen LogP contribution in [0.2, 0.25) is 0 Å². The van der Waals surface area contributed by atoms with Crippen molar-refractivity contribution >= 4 is 17.6 Å². The Bertz CT molecular complexity index is 408. The van der Waals surface area contributed by atoms with E-state index in [1.807, 2.05) is 0 Å². The number of halogens is 1. The van der Waals surface area contributed by atoms with E-state index in [4.69, 9.17) is 10.8 Å². The summed E-state index contributed by atoms with van der Waals surface area (Å²) in [6.45, 7) is -0.289. The van der Waals surface area contributed by atoms with Crippen LogP contribution in [0.5, 0.6) is 0 Å². The molecule has 1 atom stereocenters. The summed E-state index contributed by atoms with van der Waals surface area (Å²) in [5, 5.41) is 13.6. The number of rotatable bonds is 4. The van der Waals surface area contributed by atoms with Gasteiger partial charge in [-0.1, -0.05) is 0 Å². The van der Waals surface area contributed by atoms with Crippen molar-refractivity contribution in [2.45, 2.75) is 6.10 Å². The van der Waals surface area contributed by atoms with Gasteiger partial charge >= 0.3 is 6.03 Å². The van der Waals surface area contributed by atoms with Crippen LogP contribution < -0.4 is 16.4 Å². The van der Waals surface area contributed by atoms with Gasteiger partial charge in [0.2, 0.25) is 5.91 Å². The second-order valence-corrected chi connectivity index (χ2v) is 3.26. The molecule has 0 spiro atoms. The van der Waals surface area contributed by atoms with Crippen molar-refractivity contribution in [3.63, 3.8) is 0 Å². The second-order valence-electron chi connectivity index (χ2n) is 3.26. The maximum Gasteiger partial charge on any atom is 0.319 e. The summed E-state index contributed by atoms with van der Waals surface area (Å²) in [4.78, 5) is 21.7. The molecule has 0 saturated heterocycles. The molecule has 0 aliphatic heterocycles. The zero-order chi connectivity index (χ0) is 12.8. The third-order valence-corrected chi connectivity index (χ3v) is 1.89. The third kappa shape index (κ3) is 4.47. The molecule has 1 rings (SSSR count). The quantitative estimate of drug-likeness (QED) is 0.586. The number of anilines is 1. The van der Waals surface area contributed by atoms with Crippen LogP contribution in [-0.4, -0.2) is 29.7 Å². The lowest BCUT2D eigenvalue weighted by Crippen LogP contribution is -2.41. The Balaban J connectivity index is 2.39. The highest BCUT2D eigenvalue weighted by Gasteiger charge is 2.11. The van der Waals surface area contributed by atoms with Gasteiger partial charge < -0.3 is 21.5 Å². The Kier molecular flexibility index (Phi) is 4.41. The molecule has 0 saturated carbocycles. The predicted octanol–water partition coefficient (Wildman–Crippen LogP) is -0.207. The van der Waals surface area contributed by atoms with Gasteiger partial charge in [0.15, 0.2) is 0 Å². The van der Waals surface area contributed by atoms with E-state index >= 15 is 0 Å². The van der Waals surface area contributed by atoms with Crippen molar-refractivity contribution in [3.8, 4) is 0 Å². The van der Waals surface area contributed by atoms with Crippen LogP contribution in [0.25, 0.3) is 0 Å². The van der Waals surface area contributed by atoms with Crippen LogP contribution in [0.15, 0.2) is 24.3 Å². The van der Waals surface area contributed by atoms with Crippen molar-refractivity contribution in [1.82, 2.24) is 5.32 Å².